The van der Waals surface area contributed by atoms with Crippen molar-refractivity contribution >= 4 is 38.2 Å². The minimum atomic E-state index is -3.72. The van der Waals surface area contributed by atoms with Crippen LogP contribution in [0.3, 0.4) is 0 Å². The number of esters is 1. The smallest absolute Gasteiger partial charge is 0.341 e. The molecule has 1 aromatic heterocycles. The largest absolute Gasteiger partial charge is 0.462 e. The average molecular weight is 529 g/mol. The quantitative estimate of drug-likeness (QED) is 0.448. The Hall–Kier alpha value is -3.05. The van der Waals surface area contributed by atoms with Crippen LogP contribution in [0.5, 0.6) is 0 Å². The first-order chi connectivity index (χ1) is 17.2. The third-order valence-electron chi connectivity index (χ3n) is 5.72. The normalized spacial score (nSPS) is 18.5. The molecule has 190 valence electrons. The topological polar surface area (TPSA) is 102 Å². The molecule has 36 heavy (non-hydrogen) atoms. The fraction of sp³-hybridized carbons (Fsp3) is 0.308. The molecule has 1 aliphatic rings. The van der Waals surface area contributed by atoms with Crippen LogP contribution in [-0.4, -0.2) is 56.5 Å². The van der Waals surface area contributed by atoms with Crippen LogP contribution in [0.4, 0.5) is 5.00 Å². The molecular weight excluding hydrogens is 500 g/mol. The SMILES string of the molecule is CCOC(=O)c1c(-c2ccccc2)csc1NC(=O)c1ccc(S(=O)(=O)N2C[C@@H](C)O[C@@H](C)C2)cc1. The molecule has 1 N–H and O–H groups in total. The number of hydrogen-bond acceptors (Lipinski definition) is 7. The summed E-state index contributed by atoms with van der Waals surface area (Å²) in [6, 6.07) is 15.2. The van der Waals surface area contributed by atoms with Crippen LogP contribution >= 0.6 is 11.3 Å². The molecule has 1 amide bonds. The van der Waals surface area contributed by atoms with E-state index in [0.29, 0.717) is 10.6 Å². The molecule has 2 heterocycles. The average Bonchev–Trinajstić information content (AvgIpc) is 3.28. The lowest BCUT2D eigenvalue weighted by Gasteiger charge is -2.34. The number of carbonyl (C=O) groups excluding carboxylic acids is 2. The number of morpholine rings is 1. The highest BCUT2D eigenvalue weighted by Gasteiger charge is 2.32. The van der Waals surface area contributed by atoms with Gasteiger partial charge in [0, 0.05) is 29.6 Å². The lowest BCUT2D eigenvalue weighted by atomic mass is 10.0. The first-order valence-electron chi connectivity index (χ1n) is 11.6. The van der Waals surface area contributed by atoms with E-state index in [-0.39, 0.29) is 47.9 Å². The van der Waals surface area contributed by atoms with Gasteiger partial charge in [0.25, 0.3) is 5.91 Å². The first-order valence-corrected chi connectivity index (χ1v) is 13.9. The summed E-state index contributed by atoms with van der Waals surface area (Å²) in [6.45, 7) is 6.14. The van der Waals surface area contributed by atoms with Gasteiger partial charge in [0.2, 0.25) is 10.0 Å². The van der Waals surface area contributed by atoms with E-state index in [0.717, 1.165) is 5.56 Å². The summed E-state index contributed by atoms with van der Waals surface area (Å²) in [5, 5.41) is 4.96. The molecule has 0 spiro atoms. The number of anilines is 1. The Morgan fingerprint density at radius 3 is 2.31 bits per heavy atom. The summed E-state index contributed by atoms with van der Waals surface area (Å²) in [6.07, 6.45) is -0.400. The van der Waals surface area contributed by atoms with Crippen LogP contribution in [0.15, 0.2) is 64.9 Å². The Morgan fingerprint density at radius 2 is 1.69 bits per heavy atom. The fourth-order valence-corrected chi connectivity index (χ4v) is 6.66. The number of ether oxygens (including phenoxy) is 2. The van der Waals surface area contributed by atoms with Gasteiger partial charge >= 0.3 is 5.97 Å². The Bertz CT molecular complexity index is 1330. The standard InChI is InChI=1S/C26H28N2O6S2/c1-4-33-26(30)23-22(19-8-6-5-7-9-19)16-35-25(23)27-24(29)20-10-12-21(13-11-20)36(31,32)28-14-17(2)34-18(3)15-28/h5-13,16-18H,4,14-15H2,1-3H3,(H,27,29)/t17-,18+. The molecule has 10 heteroatoms. The van der Waals surface area contributed by atoms with Gasteiger partial charge in [-0.15, -0.1) is 11.3 Å². The van der Waals surface area contributed by atoms with E-state index in [2.05, 4.69) is 5.32 Å². The highest BCUT2D eigenvalue weighted by Crippen LogP contribution is 2.36. The maximum absolute atomic E-state index is 13.1. The number of hydrogen-bond donors (Lipinski definition) is 1. The summed E-state index contributed by atoms with van der Waals surface area (Å²) in [7, 11) is -3.72. The van der Waals surface area contributed by atoms with Gasteiger partial charge < -0.3 is 14.8 Å². The van der Waals surface area contributed by atoms with E-state index >= 15 is 0 Å². The van der Waals surface area contributed by atoms with E-state index in [9.17, 15) is 18.0 Å². The van der Waals surface area contributed by atoms with Crippen molar-refractivity contribution in [3.05, 3.63) is 71.1 Å². The Kier molecular flexibility index (Phi) is 7.89. The number of thiophene rings is 1. The van der Waals surface area contributed by atoms with Crippen molar-refractivity contribution in [2.24, 2.45) is 0 Å². The molecule has 8 nitrogen and oxygen atoms in total. The molecule has 0 unspecified atom stereocenters. The van der Waals surface area contributed by atoms with Crippen LogP contribution in [0.25, 0.3) is 11.1 Å². The predicted molar refractivity (Wildman–Crippen MR) is 139 cm³/mol. The molecular formula is C26H28N2O6S2. The maximum atomic E-state index is 13.1. The number of nitrogens with one attached hydrogen (secondary N) is 1. The van der Waals surface area contributed by atoms with Crippen molar-refractivity contribution in [1.82, 2.24) is 4.31 Å². The molecule has 2 atom stereocenters. The zero-order chi connectivity index (χ0) is 25.9. The van der Waals surface area contributed by atoms with Crippen molar-refractivity contribution < 1.29 is 27.5 Å². The summed E-state index contributed by atoms with van der Waals surface area (Å²) >= 11 is 1.23. The number of nitrogens with zero attached hydrogens (tertiary/aromatic N) is 1. The van der Waals surface area contributed by atoms with E-state index in [1.165, 1.54) is 39.9 Å². The van der Waals surface area contributed by atoms with Crippen molar-refractivity contribution in [3.8, 4) is 11.1 Å². The Labute approximate surface area is 214 Å². The minimum Gasteiger partial charge on any atom is -0.462 e. The van der Waals surface area contributed by atoms with Gasteiger partial charge in [0.1, 0.15) is 10.6 Å². The van der Waals surface area contributed by atoms with Gasteiger partial charge in [-0.2, -0.15) is 4.31 Å². The van der Waals surface area contributed by atoms with Crippen LogP contribution in [0.1, 0.15) is 41.5 Å². The predicted octanol–water partition coefficient (Wildman–Crippen LogP) is 4.64. The molecule has 0 aliphatic carbocycles. The van der Waals surface area contributed by atoms with Crippen LogP contribution in [0, 0.1) is 0 Å². The van der Waals surface area contributed by atoms with E-state index < -0.39 is 21.9 Å². The molecule has 1 aliphatic heterocycles. The van der Waals surface area contributed by atoms with Gasteiger partial charge in [-0.05, 0) is 50.6 Å². The van der Waals surface area contributed by atoms with Crippen LogP contribution in [0.2, 0.25) is 0 Å². The monoisotopic (exact) mass is 528 g/mol. The fourth-order valence-electron chi connectivity index (χ4n) is 4.12. The Balaban J connectivity index is 1.56. The van der Waals surface area contributed by atoms with E-state index in [1.807, 2.05) is 44.2 Å². The number of amides is 1. The first kappa shape index (κ1) is 26.0. The van der Waals surface area contributed by atoms with Gasteiger partial charge in [-0.25, -0.2) is 13.2 Å². The molecule has 0 bridgehead atoms. The molecule has 3 aromatic rings. The summed E-state index contributed by atoms with van der Waals surface area (Å²) in [4.78, 5) is 25.9. The number of carbonyl (C=O) groups is 2. The molecule has 0 radical (unpaired) electrons. The number of benzene rings is 2. The van der Waals surface area contributed by atoms with Gasteiger partial charge in [-0.1, -0.05) is 30.3 Å². The number of rotatable bonds is 7. The van der Waals surface area contributed by atoms with E-state index in [1.54, 1.807) is 12.3 Å². The highest BCUT2D eigenvalue weighted by molar-refractivity contribution is 7.89. The molecule has 0 saturated carbocycles. The van der Waals surface area contributed by atoms with Crippen molar-refractivity contribution in [2.45, 2.75) is 37.9 Å². The lowest BCUT2D eigenvalue weighted by molar-refractivity contribution is -0.0440. The molecule has 1 fully saturated rings. The second-order valence-corrected chi connectivity index (χ2v) is 11.3. The van der Waals surface area contributed by atoms with Gasteiger partial charge in [0.15, 0.2) is 0 Å². The van der Waals surface area contributed by atoms with Crippen LogP contribution in [-0.2, 0) is 19.5 Å². The lowest BCUT2D eigenvalue weighted by Crippen LogP contribution is -2.48. The Morgan fingerprint density at radius 1 is 1.06 bits per heavy atom. The molecule has 4 rings (SSSR count). The summed E-state index contributed by atoms with van der Waals surface area (Å²) in [5.41, 5.74) is 2.06. The third kappa shape index (κ3) is 5.52. The van der Waals surface area contributed by atoms with Crippen molar-refractivity contribution in [1.29, 1.82) is 0 Å². The van der Waals surface area contributed by atoms with Gasteiger partial charge in [-0.3, -0.25) is 4.79 Å². The van der Waals surface area contributed by atoms with Crippen molar-refractivity contribution in [2.75, 3.05) is 25.0 Å². The summed E-state index contributed by atoms with van der Waals surface area (Å²) < 4.78 is 38.5. The second kappa shape index (κ2) is 10.9. The maximum Gasteiger partial charge on any atom is 0.341 e. The third-order valence-corrected chi connectivity index (χ3v) is 8.46. The van der Waals surface area contributed by atoms with Crippen LogP contribution < -0.4 is 5.32 Å². The molecule has 2 aromatic carbocycles. The number of sulfonamides is 1. The summed E-state index contributed by atoms with van der Waals surface area (Å²) in [5.74, 6) is -0.983. The zero-order valence-corrected chi connectivity index (χ0v) is 21.9. The van der Waals surface area contributed by atoms with E-state index in [4.69, 9.17) is 9.47 Å². The second-order valence-electron chi connectivity index (χ2n) is 8.50. The molecule has 1 saturated heterocycles. The van der Waals surface area contributed by atoms with Crippen molar-refractivity contribution in [3.63, 3.8) is 0 Å². The zero-order valence-electron chi connectivity index (χ0n) is 20.3. The minimum absolute atomic E-state index is 0.107. The highest BCUT2D eigenvalue weighted by atomic mass is 32.2. The van der Waals surface area contributed by atoms with Gasteiger partial charge in [0.05, 0.1) is 23.7 Å².